The maximum absolute atomic E-state index is 12.2. The summed E-state index contributed by atoms with van der Waals surface area (Å²) >= 11 is 0. The predicted octanol–water partition coefficient (Wildman–Crippen LogP) is 6.18. The molecule has 0 heterocycles. The van der Waals surface area contributed by atoms with Crippen molar-refractivity contribution in [1.29, 1.82) is 0 Å². The Morgan fingerprint density at radius 1 is 0.750 bits per heavy atom. The standard InChI is InChI=1S/C26H36N2O4/c1-5-19(3)31-23-13-9-11-21(17-23)27-25(29)15-7-8-16-26(30)28-22-12-10-14-24(18-22)32-20(4)6-2/h9-14,17-20H,5-8,15-16H2,1-4H3,(H,27,29)(H,28,30). The lowest BCUT2D eigenvalue weighted by Crippen LogP contribution is -2.14. The second-order valence-electron chi connectivity index (χ2n) is 8.03. The van der Waals surface area contributed by atoms with E-state index in [1.165, 1.54) is 0 Å². The van der Waals surface area contributed by atoms with E-state index in [-0.39, 0.29) is 24.0 Å². The fraction of sp³-hybridized carbons (Fsp3) is 0.462. The summed E-state index contributed by atoms with van der Waals surface area (Å²) in [5.74, 6) is 1.35. The van der Waals surface area contributed by atoms with Crippen molar-refractivity contribution in [2.24, 2.45) is 0 Å². The Labute approximate surface area is 191 Å². The van der Waals surface area contributed by atoms with Crippen LogP contribution in [0.2, 0.25) is 0 Å². The van der Waals surface area contributed by atoms with Crippen LogP contribution >= 0.6 is 0 Å². The number of hydrogen-bond donors (Lipinski definition) is 2. The van der Waals surface area contributed by atoms with Crippen LogP contribution in [0.25, 0.3) is 0 Å². The van der Waals surface area contributed by atoms with Crippen LogP contribution in [0.5, 0.6) is 11.5 Å². The molecular formula is C26H36N2O4. The van der Waals surface area contributed by atoms with Crippen molar-refractivity contribution in [2.45, 2.75) is 78.4 Å². The maximum Gasteiger partial charge on any atom is 0.224 e. The summed E-state index contributed by atoms with van der Waals surface area (Å²) in [6.07, 6.45) is 4.09. The van der Waals surface area contributed by atoms with Crippen molar-refractivity contribution < 1.29 is 19.1 Å². The SMILES string of the molecule is CCC(C)Oc1cccc(NC(=O)CCCCC(=O)Nc2cccc(OC(C)CC)c2)c1. The van der Waals surface area contributed by atoms with Crippen LogP contribution in [-0.4, -0.2) is 24.0 Å². The molecule has 0 aromatic heterocycles. The largest absolute Gasteiger partial charge is 0.491 e. The highest BCUT2D eigenvalue weighted by molar-refractivity contribution is 5.92. The van der Waals surface area contributed by atoms with Crippen LogP contribution in [0.3, 0.4) is 0 Å². The summed E-state index contributed by atoms with van der Waals surface area (Å²) in [6.45, 7) is 8.16. The molecule has 0 aliphatic heterocycles. The summed E-state index contributed by atoms with van der Waals surface area (Å²) in [5, 5.41) is 5.79. The van der Waals surface area contributed by atoms with Crippen LogP contribution in [0, 0.1) is 0 Å². The van der Waals surface area contributed by atoms with Gasteiger partial charge in [0.2, 0.25) is 11.8 Å². The molecule has 2 aromatic carbocycles. The predicted molar refractivity (Wildman–Crippen MR) is 129 cm³/mol. The number of ether oxygens (including phenoxy) is 2. The third-order valence-corrected chi connectivity index (χ3v) is 5.12. The van der Waals surface area contributed by atoms with Gasteiger partial charge in [0.15, 0.2) is 0 Å². The normalized spacial score (nSPS) is 12.5. The van der Waals surface area contributed by atoms with Gasteiger partial charge in [-0.05, 0) is 63.8 Å². The first kappa shape index (κ1) is 25.2. The van der Waals surface area contributed by atoms with Gasteiger partial charge in [-0.25, -0.2) is 0 Å². The van der Waals surface area contributed by atoms with E-state index >= 15 is 0 Å². The third-order valence-electron chi connectivity index (χ3n) is 5.12. The van der Waals surface area contributed by atoms with Gasteiger partial charge in [-0.1, -0.05) is 26.0 Å². The molecule has 2 unspecified atom stereocenters. The van der Waals surface area contributed by atoms with Crippen molar-refractivity contribution in [2.75, 3.05) is 10.6 Å². The first-order valence-corrected chi connectivity index (χ1v) is 11.5. The van der Waals surface area contributed by atoms with Gasteiger partial charge in [0, 0.05) is 36.3 Å². The Bertz CT molecular complexity index is 797. The van der Waals surface area contributed by atoms with Crippen molar-refractivity contribution in [3.8, 4) is 11.5 Å². The van der Waals surface area contributed by atoms with Crippen LogP contribution < -0.4 is 20.1 Å². The average Bonchev–Trinajstić information content (AvgIpc) is 2.77. The number of benzene rings is 2. The number of anilines is 2. The molecule has 0 saturated carbocycles. The molecule has 0 aliphatic rings. The van der Waals surface area contributed by atoms with Gasteiger partial charge in [0.1, 0.15) is 11.5 Å². The molecule has 32 heavy (non-hydrogen) atoms. The fourth-order valence-corrected chi connectivity index (χ4v) is 2.94. The highest BCUT2D eigenvalue weighted by atomic mass is 16.5. The lowest BCUT2D eigenvalue weighted by Gasteiger charge is -2.14. The summed E-state index contributed by atoms with van der Waals surface area (Å²) in [5.41, 5.74) is 1.43. The number of nitrogens with one attached hydrogen (secondary N) is 2. The molecule has 2 aromatic rings. The molecule has 6 heteroatoms. The van der Waals surface area contributed by atoms with Gasteiger partial charge >= 0.3 is 0 Å². The minimum atomic E-state index is -0.0685. The van der Waals surface area contributed by atoms with Gasteiger partial charge in [0.05, 0.1) is 12.2 Å². The molecule has 0 bridgehead atoms. The lowest BCUT2D eigenvalue weighted by molar-refractivity contribution is -0.118. The molecule has 0 fully saturated rings. The zero-order chi connectivity index (χ0) is 23.3. The van der Waals surface area contributed by atoms with E-state index in [9.17, 15) is 9.59 Å². The van der Waals surface area contributed by atoms with Gasteiger partial charge in [-0.3, -0.25) is 9.59 Å². The Morgan fingerprint density at radius 3 is 1.53 bits per heavy atom. The molecule has 6 nitrogen and oxygen atoms in total. The van der Waals surface area contributed by atoms with Crippen LogP contribution in [0.1, 0.15) is 66.2 Å². The molecule has 2 rings (SSSR count). The van der Waals surface area contributed by atoms with Gasteiger partial charge in [-0.15, -0.1) is 0 Å². The monoisotopic (exact) mass is 440 g/mol. The maximum atomic E-state index is 12.2. The molecule has 2 amide bonds. The Kier molecular flexibility index (Phi) is 10.6. The Hall–Kier alpha value is -3.02. The average molecular weight is 441 g/mol. The molecule has 2 atom stereocenters. The minimum absolute atomic E-state index is 0.0685. The van der Waals surface area contributed by atoms with Crippen LogP contribution in [-0.2, 0) is 9.59 Å². The van der Waals surface area contributed by atoms with E-state index in [0.717, 1.165) is 24.3 Å². The number of amides is 2. The molecular weight excluding hydrogens is 404 g/mol. The van der Waals surface area contributed by atoms with Crippen molar-refractivity contribution >= 4 is 23.2 Å². The first-order chi connectivity index (χ1) is 15.4. The number of unbranched alkanes of at least 4 members (excludes halogenated alkanes) is 1. The topological polar surface area (TPSA) is 76.7 Å². The molecule has 174 valence electrons. The van der Waals surface area contributed by atoms with Crippen LogP contribution in [0.4, 0.5) is 11.4 Å². The number of hydrogen-bond acceptors (Lipinski definition) is 4. The summed E-state index contributed by atoms with van der Waals surface area (Å²) in [4.78, 5) is 24.4. The van der Waals surface area contributed by atoms with E-state index in [1.54, 1.807) is 0 Å². The highest BCUT2D eigenvalue weighted by Crippen LogP contribution is 2.21. The summed E-state index contributed by atoms with van der Waals surface area (Å²) in [7, 11) is 0. The number of carbonyl (C=O) groups is 2. The number of carbonyl (C=O) groups excluding carboxylic acids is 2. The summed E-state index contributed by atoms with van der Waals surface area (Å²) in [6, 6.07) is 14.8. The highest BCUT2D eigenvalue weighted by Gasteiger charge is 2.08. The second kappa shape index (κ2) is 13.4. The Balaban J connectivity index is 1.70. The van der Waals surface area contributed by atoms with Gasteiger partial charge in [0.25, 0.3) is 0 Å². The molecule has 0 aliphatic carbocycles. The zero-order valence-electron chi connectivity index (χ0n) is 19.6. The van der Waals surface area contributed by atoms with Crippen molar-refractivity contribution in [3.63, 3.8) is 0 Å². The smallest absolute Gasteiger partial charge is 0.224 e. The van der Waals surface area contributed by atoms with E-state index in [2.05, 4.69) is 24.5 Å². The Morgan fingerprint density at radius 2 is 1.16 bits per heavy atom. The van der Waals surface area contributed by atoms with Crippen molar-refractivity contribution in [1.82, 2.24) is 0 Å². The minimum Gasteiger partial charge on any atom is -0.491 e. The van der Waals surface area contributed by atoms with Gasteiger partial charge in [-0.2, -0.15) is 0 Å². The van der Waals surface area contributed by atoms with E-state index in [4.69, 9.17) is 9.47 Å². The van der Waals surface area contributed by atoms with E-state index in [0.29, 0.717) is 37.1 Å². The quantitative estimate of drug-likeness (QED) is 0.365. The number of rotatable bonds is 13. The summed E-state index contributed by atoms with van der Waals surface area (Å²) < 4.78 is 11.6. The van der Waals surface area contributed by atoms with E-state index in [1.807, 2.05) is 62.4 Å². The van der Waals surface area contributed by atoms with E-state index < -0.39 is 0 Å². The van der Waals surface area contributed by atoms with Gasteiger partial charge < -0.3 is 20.1 Å². The zero-order valence-corrected chi connectivity index (χ0v) is 19.6. The van der Waals surface area contributed by atoms with Crippen molar-refractivity contribution in [3.05, 3.63) is 48.5 Å². The third kappa shape index (κ3) is 9.41. The lowest BCUT2D eigenvalue weighted by atomic mass is 10.1. The first-order valence-electron chi connectivity index (χ1n) is 11.5. The molecule has 0 radical (unpaired) electrons. The molecule has 0 spiro atoms. The molecule has 2 N–H and O–H groups in total. The second-order valence-corrected chi connectivity index (χ2v) is 8.03. The molecule has 0 saturated heterocycles. The fourth-order valence-electron chi connectivity index (χ4n) is 2.94. The van der Waals surface area contributed by atoms with Crippen LogP contribution in [0.15, 0.2) is 48.5 Å².